The Labute approximate surface area is 516 Å². The summed E-state index contributed by atoms with van der Waals surface area (Å²) in [6.07, 6.45) is 77.6. The van der Waals surface area contributed by atoms with Crippen LogP contribution in [0.2, 0.25) is 0 Å². The standard InChI is InChI=1S/C74H143NO8/c1-6-8-10-12-14-16-18-20-22-24-26-27-28-29-30-31-32-33-34-35-36-37-38-39-40-41-42-43-44-45-47-49-51-53-55-57-59-61-63-65-72(77)83-70(69-82-74(73(78)79)80-67-66-75(3,4)5)68-81-71(76)64-62-60-58-56-54-52-50-48-46-25-23-21-19-17-15-13-11-9-7-2/h24,26,70,74H,6-23,25,27-69H2,1-5H3/b26-24-. The van der Waals surface area contributed by atoms with Gasteiger partial charge in [0.1, 0.15) is 13.2 Å². The second-order valence-electron chi connectivity index (χ2n) is 26.6. The highest BCUT2D eigenvalue weighted by atomic mass is 16.7. The van der Waals surface area contributed by atoms with Crippen LogP contribution in [0.1, 0.15) is 386 Å². The van der Waals surface area contributed by atoms with Gasteiger partial charge in [0, 0.05) is 12.8 Å². The van der Waals surface area contributed by atoms with Gasteiger partial charge in [-0.2, -0.15) is 0 Å². The Hall–Kier alpha value is -1.97. The molecule has 83 heavy (non-hydrogen) atoms. The van der Waals surface area contributed by atoms with Crippen LogP contribution >= 0.6 is 0 Å². The molecule has 0 spiro atoms. The van der Waals surface area contributed by atoms with Gasteiger partial charge in [-0.05, 0) is 38.5 Å². The predicted octanol–water partition coefficient (Wildman–Crippen LogP) is 21.5. The van der Waals surface area contributed by atoms with E-state index in [0.717, 1.165) is 38.5 Å². The Morgan fingerprint density at radius 3 is 0.892 bits per heavy atom. The van der Waals surface area contributed by atoms with E-state index in [4.69, 9.17) is 18.9 Å². The van der Waals surface area contributed by atoms with Gasteiger partial charge in [0.15, 0.2) is 12.4 Å². The summed E-state index contributed by atoms with van der Waals surface area (Å²) in [5.74, 6) is -2.25. The molecule has 0 saturated heterocycles. The Bertz CT molecular complexity index is 1370. The molecular weight excluding hydrogens is 1030 g/mol. The Morgan fingerprint density at radius 2 is 0.614 bits per heavy atom. The van der Waals surface area contributed by atoms with Crippen LogP contribution in [0, 0.1) is 0 Å². The molecular formula is C74H143NO8. The van der Waals surface area contributed by atoms with Crippen molar-refractivity contribution in [1.82, 2.24) is 0 Å². The van der Waals surface area contributed by atoms with Gasteiger partial charge < -0.3 is 33.3 Å². The first-order valence-electron chi connectivity index (χ1n) is 36.8. The molecule has 0 rings (SSSR count). The van der Waals surface area contributed by atoms with Crippen LogP contribution < -0.4 is 5.11 Å². The van der Waals surface area contributed by atoms with Crippen molar-refractivity contribution in [3.8, 4) is 0 Å². The van der Waals surface area contributed by atoms with Crippen LogP contribution in [-0.2, 0) is 33.3 Å². The van der Waals surface area contributed by atoms with E-state index in [1.165, 1.54) is 321 Å². The summed E-state index contributed by atoms with van der Waals surface area (Å²) in [6, 6.07) is 0. The molecule has 0 aromatic rings. The molecule has 0 aliphatic carbocycles. The molecule has 492 valence electrons. The number of nitrogens with zero attached hydrogens (tertiary/aromatic N) is 1. The van der Waals surface area contributed by atoms with Crippen molar-refractivity contribution in [1.29, 1.82) is 0 Å². The fourth-order valence-electron chi connectivity index (χ4n) is 11.4. The van der Waals surface area contributed by atoms with Crippen molar-refractivity contribution in [2.45, 2.75) is 399 Å². The number of ether oxygens (including phenoxy) is 4. The van der Waals surface area contributed by atoms with E-state index >= 15 is 0 Å². The molecule has 9 nitrogen and oxygen atoms in total. The maximum atomic E-state index is 12.9. The lowest BCUT2D eigenvalue weighted by Crippen LogP contribution is -2.44. The number of esters is 2. The zero-order chi connectivity index (χ0) is 60.5. The molecule has 0 aromatic carbocycles. The molecule has 0 aliphatic rings. The second-order valence-corrected chi connectivity index (χ2v) is 26.6. The molecule has 2 atom stereocenters. The van der Waals surface area contributed by atoms with Gasteiger partial charge in [0.2, 0.25) is 0 Å². The minimum absolute atomic E-state index is 0.153. The van der Waals surface area contributed by atoms with E-state index in [9.17, 15) is 19.5 Å². The number of carboxylic acids is 1. The quantitative estimate of drug-likeness (QED) is 0.0195. The van der Waals surface area contributed by atoms with Gasteiger partial charge >= 0.3 is 11.9 Å². The van der Waals surface area contributed by atoms with Gasteiger partial charge in [-0.25, -0.2) is 0 Å². The number of hydrogen-bond acceptors (Lipinski definition) is 8. The molecule has 0 N–H and O–H groups in total. The average Bonchev–Trinajstić information content (AvgIpc) is 3.46. The molecule has 0 amide bonds. The predicted molar refractivity (Wildman–Crippen MR) is 353 cm³/mol. The lowest BCUT2D eigenvalue weighted by Gasteiger charge is -2.26. The van der Waals surface area contributed by atoms with Crippen molar-refractivity contribution in [3.05, 3.63) is 12.2 Å². The number of likely N-dealkylation sites (N-methyl/N-ethyl adjacent to an activating group) is 1. The van der Waals surface area contributed by atoms with Crippen LogP contribution in [-0.4, -0.2) is 82.3 Å². The Balaban J connectivity index is 3.92. The van der Waals surface area contributed by atoms with Crippen molar-refractivity contribution in [3.63, 3.8) is 0 Å². The molecule has 0 radical (unpaired) electrons. The van der Waals surface area contributed by atoms with Gasteiger partial charge in [0.25, 0.3) is 0 Å². The summed E-state index contributed by atoms with van der Waals surface area (Å²) < 4.78 is 22.8. The number of aliphatic carboxylic acids is 1. The first-order chi connectivity index (χ1) is 40.6. The van der Waals surface area contributed by atoms with E-state index in [1.54, 1.807) is 0 Å². The van der Waals surface area contributed by atoms with Crippen molar-refractivity contribution in [2.75, 3.05) is 47.5 Å². The third-order valence-corrected chi connectivity index (χ3v) is 17.0. The second kappa shape index (κ2) is 66.0. The number of carbonyl (C=O) groups excluding carboxylic acids is 3. The molecule has 0 fully saturated rings. The molecule has 0 bridgehead atoms. The highest BCUT2D eigenvalue weighted by molar-refractivity contribution is 5.70. The molecule has 0 heterocycles. The van der Waals surface area contributed by atoms with Gasteiger partial charge in [0.05, 0.1) is 40.3 Å². The number of rotatable bonds is 70. The highest BCUT2D eigenvalue weighted by Crippen LogP contribution is 2.19. The van der Waals surface area contributed by atoms with E-state index in [-0.39, 0.29) is 32.2 Å². The smallest absolute Gasteiger partial charge is 0.306 e. The summed E-state index contributed by atoms with van der Waals surface area (Å²) in [6.45, 7) is 4.83. The number of carbonyl (C=O) groups is 3. The topological polar surface area (TPSA) is 111 Å². The minimum atomic E-state index is -1.62. The van der Waals surface area contributed by atoms with Crippen LogP contribution in [0.25, 0.3) is 0 Å². The Kier molecular flexibility index (Phi) is 64.4. The summed E-state index contributed by atoms with van der Waals surface area (Å²) in [7, 11) is 5.95. The maximum Gasteiger partial charge on any atom is 0.306 e. The molecule has 0 saturated carbocycles. The number of unbranched alkanes of at least 4 members (excludes halogenated alkanes) is 53. The lowest BCUT2D eigenvalue weighted by atomic mass is 10.0. The summed E-state index contributed by atoms with van der Waals surface area (Å²) in [5, 5.41) is 11.8. The van der Waals surface area contributed by atoms with E-state index in [2.05, 4.69) is 26.0 Å². The molecule has 9 heteroatoms. The number of quaternary nitrogens is 1. The molecule has 2 unspecified atom stereocenters. The summed E-state index contributed by atoms with van der Waals surface area (Å²) in [4.78, 5) is 37.4. The normalized spacial score (nSPS) is 12.6. The largest absolute Gasteiger partial charge is 0.545 e. The van der Waals surface area contributed by atoms with Gasteiger partial charge in [-0.15, -0.1) is 0 Å². The monoisotopic (exact) mass is 1170 g/mol. The van der Waals surface area contributed by atoms with Crippen molar-refractivity contribution in [2.24, 2.45) is 0 Å². The zero-order valence-electron chi connectivity index (χ0n) is 56.4. The maximum absolute atomic E-state index is 12.9. The van der Waals surface area contributed by atoms with Crippen LogP contribution in [0.4, 0.5) is 0 Å². The molecule has 0 aromatic heterocycles. The minimum Gasteiger partial charge on any atom is -0.545 e. The highest BCUT2D eigenvalue weighted by Gasteiger charge is 2.22. The van der Waals surface area contributed by atoms with E-state index < -0.39 is 24.3 Å². The average molecular weight is 1170 g/mol. The van der Waals surface area contributed by atoms with Crippen molar-refractivity contribution < 1.29 is 42.9 Å². The van der Waals surface area contributed by atoms with Crippen molar-refractivity contribution >= 4 is 17.9 Å². The van der Waals surface area contributed by atoms with Crippen LogP contribution in [0.3, 0.4) is 0 Å². The van der Waals surface area contributed by atoms with E-state index in [1.807, 2.05) is 21.1 Å². The summed E-state index contributed by atoms with van der Waals surface area (Å²) in [5.41, 5.74) is 0. The third-order valence-electron chi connectivity index (χ3n) is 17.0. The van der Waals surface area contributed by atoms with Crippen LogP contribution in [0.15, 0.2) is 12.2 Å². The van der Waals surface area contributed by atoms with E-state index in [0.29, 0.717) is 17.4 Å². The third kappa shape index (κ3) is 67.4. The fraction of sp³-hybridized carbons (Fsp3) is 0.932. The zero-order valence-corrected chi connectivity index (χ0v) is 56.4. The Morgan fingerprint density at radius 1 is 0.349 bits per heavy atom. The first kappa shape index (κ1) is 81.0. The first-order valence-corrected chi connectivity index (χ1v) is 36.8. The lowest BCUT2D eigenvalue weighted by molar-refractivity contribution is -0.870. The number of carboxylic acid groups (broad SMARTS) is 1. The SMILES string of the molecule is CCCCCCCCCC/C=C\CCCCCCCCCCCCCCCCCCCCCCCCCCCCCC(=O)OC(COC(=O)CCCCCCCCCCCCCCCCCCCCC)COC(OCC[N+](C)(C)C)C(=O)[O-]. The van der Waals surface area contributed by atoms with Crippen LogP contribution in [0.5, 0.6) is 0 Å². The fourth-order valence-corrected chi connectivity index (χ4v) is 11.4. The van der Waals surface area contributed by atoms with Gasteiger partial charge in [-0.1, -0.05) is 347 Å². The van der Waals surface area contributed by atoms with Gasteiger partial charge in [-0.3, -0.25) is 9.59 Å². The molecule has 0 aliphatic heterocycles. The summed E-state index contributed by atoms with van der Waals surface area (Å²) >= 11 is 0. The number of hydrogen-bond donors (Lipinski definition) is 0. The number of allylic oxidation sites excluding steroid dienone is 2.